The van der Waals surface area contributed by atoms with E-state index in [4.69, 9.17) is 0 Å². The van der Waals surface area contributed by atoms with Crippen molar-refractivity contribution in [1.82, 2.24) is 19.7 Å². The monoisotopic (exact) mass is 437 g/mol. The smallest absolute Gasteiger partial charge is 0.247 e. The topological polar surface area (TPSA) is 88.0 Å². The minimum absolute atomic E-state index is 0.00569. The molecule has 168 valence electrons. The highest BCUT2D eigenvalue weighted by Crippen LogP contribution is 2.36. The fraction of sp³-hybridized carbons (Fsp3) is 0.391. The molecule has 3 aromatic rings. The molecule has 0 saturated heterocycles. The Kier molecular flexibility index (Phi) is 5.82. The maximum atomic E-state index is 14.2. The zero-order valence-electron chi connectivity index (χ0n) is 19.0. The molecule has 1 unspecified atom stereocenters. The van der Waals surface area contributed by atoms with E-state index >= 15 is 0 Å². The third-order valence-electron chi connectivity index (χ3n) is 5.76. The Morgan fingerprint density at radius 2 is 2.06 bits per heavy atom. The van der Waals surface area contributed by atoms with Gasteiger partial charge in [0, 0.05) is 43.2 Å². The Hall–Kier alpha value is -3.49. The molecule has 0 fully saturated rings. The van der Waals surface area contributed by atoms with E-state index in [1.54, 1.807) is 30.1 Å². The van der Waals surface area contributed by atoms with Crippen molar-refractivity contribution in [2.24, 2.45) is 5.92 Å². The van der Waals surface area contributed by atoms with Gasteiger partial charge in [0.25, 0.3) is 0 Å². The summed E-state index contributed by atoms with van der Waals surface area (Å²) in [5.41, 5.74) is 4.34. The lowest BCUT2D eigenvalue weighted by molar-refractivity contribution is -0.118. The van der Waals surface area contributed by atoms with E-state index in [2.05, 4.69) is 25.7 Å². The Balaban J connectivity index is 1.48. The Bertz CT molecular complexity index is 1160. The van der Waals surface area contributed by atoms with E-state index in [9.17, 15) is 9.18 Å². The molecular formula is C23H28FN7O. The number of hydrogen-bond donors (Lipinski definition) is 2. The largest absolute Gasteiger partial charge is 0.366 e. The van der Waals surface area contributed by atoms with Gasteiger partial charge in [-0.3, -0.25) is 14.5 Å². The van der Waals surface area contributed by atoms with E-state index in [-0.39, 0.29) is 23.7 Å². The lowest BCUT2D eigenvalue weighted by Crippen LogP contribution is -2.49. The number of likely N-dealkylation sites (N-methyl/N-ethyl adjacent to an activating group) is 1. The molecule has 3 aromatic heterocycles. The molecule has 4 heterocycles. The summed E-state index contributed by atoms with van der Waals surface area (Å²) in [4.78, 5) is 23.1. The molecule has 0 aliphatic carbocycles. The number of carbonyl (C=O) groups is 1. The van der Waals surface area contributed by atoms with E-state index in [0.717, 1.165) is 28.5 Å². The van der Waals surface area contributed by atoms with E-state index < -0.39 is 0 Å². The van der Waals surface area contributed by atoms with Gasteiger partial charge in [0.05, 0.1) is 35.5 Å². The van der Waals surface area contributed by atoms with Crippen molar-refractivity contribution in [3.63, 3.8) is 0 Å². The number of halogens is 1. The molecule has 1 amide bonds. The highest BCUT2D eigenvalue weighted by atomic mass is 19.1. The first kappa shape index (κ1) is 21.7. The summed E-state index contributed by atoms with van der Waals surface area (Å²) in [6, 6.07) is 3.39. The molecule has 4 rings (SSSR count). The second kappa shape index (κ2) is 8.57. The number of amides is 1. The molecule has 32 heavy (non-hydrogen) atoms. The lowest BCUT2D eigenvalue weighted by Gasteiger charge is -2.38. The number of nitrogens with zero attached hydrogens (tertiary/aromatic N) is 5. The van der Waals surface area contributed by atoms with Crippen LogP contribution in [0.2, 0.25) is 0 Å². The number of hydrogen-bond acceptors (Lipinski definition) is 6. The van der Waals surface area contributed by atoms with Gasteiger partial charge in [-0.25, -0.2) is 9.37 Å². The van der Waals surface area contributed by atoms with Crippen LogP contribution >= 0.6 is 0 Å². The summed E-state index contributed by atoms with van der Waals surface area (Å²) in [5, 5.41) is 10.7. The summed E-state index contributed by atoms with van der Waals surface area (Å²) in [7, 11) is 1.94. The van der Waals surface area contributed by atoms with Gasteiger partial charge in [-0.05, 0) is 25.8 Å². The van der Waals surface area contributed by atoms with Crippen LogP contribution in [0.5, 0.6) is 0 Å². The number of rotatable bonds is 6. The number of carbonyl (C=O) groups excluding carboxylic acids is 1. The zero-order valence-corrected chi connectivity index (χ0v) is 19.0. The molecule has 1 atom stereocenters. The normalized spacial score (nSPS) is 15.7. The number of aryl methyl sites for hydroxylation is 2. The van der Waals surface area contributed by atoms with Gasteiger partial charge in [0.1, 0.15) is 17.7 Å². The van der Waals surface area contributed by atoms with Crippen molar-refractivity contribution in [3.8, 4) is 0 Å². The standard InChI is InChI=1S/C23H28FN7O/c1-13(2)22-23(32)29-21-15(4)28-19(8-18(21)30(22)5)26-9-16-10-27-31(11-16)12-17-6-7-25-14(3)20(17)24/h6-8,10-11,13,22H,9,12H2,1-5H3,(H,26,28)(H,29,32). The quantitative estimate of drug-likeness (QED) is 0.614. The summed E-state index contributed by atoms with van der Waals surface area (Å²) < 4.78 is 15.9. The average molecular weight is 438 g/mol. The number of anilines is 3. The molecule has 9 heteroatoms. The fourth-order valence-corrected chi connectivity index (χ4v) is 4.13. The molecular weight excluding hydrogens is 409 g/mol. The molecule has 8 nitrogen and oxygen atoms in total. The molecule has 1 aliphatic heterocycles. The first-order chi connectivity index (χ1) is 15.2. The van der Waals surface area contributed by atoms with Crippen LogP contribution in [0.4, 0.5) is 21.6 Å². The van der Waals surface area contributed by atoms with Gasteiger partial charge in [-0.1, -0.05) is 13.8 Å². The predicted molar refractivity (Wildman–Crippen MR) is 122 cm³/mol. The fourth-order valence-electron chi connectivity index (χ4n) is 4.13. The summed E-state index contributed by atoms with van der Waals surface area (Å²) in [6.07, 6.45) is 5.24. The Morgan fingerprint density at radius 1 is 1.28 bits per heavy atom. The van der Waals surface area contributed by atoms with Gasteiger partial charge < -0.3 is 15.5 Å². The van der Waals surface area contributed by atoms with Crippen molar-refractivity contribution in [2.75, 3.05) is 22.6 Å². The maximum absolute atomic E-state index is 14.2. The van der Waals surface area contributed by atoms with Crippen LogP contribution in [0.25, 0.3) is 0 Å². The molecule has 1 aliphatic rings. The lowest BCUT2D eigenvalue weighted by atomic mass is 9.98. The van der Waals surface area contributed by atoms with Gasteiger partial charge in [0.2, 0.25) is 5.91 Å². The number of pyridine rings is 2. The second-order valence-electron chi connectivity index (χ2n) is 8.55. The number of nitrogens with one attached hydrogen (secondary N) is 2. The summed E-state index contributed by atoms with van der Waals surface area (Å²) in [6.45, 7) is 8.47. The third kappa shape index (κ3) is 4.15. The SMILES string of the molecule is Cc1nccc(Cn2cc(CNc3cc4c(c(C)n3)NC(=O)C(C(C)C)N4C)cn2)c1F. The number of aromatic nitrogens is 4. The van der Waals surface area contributed by atoms with Crippen molar-refractivity contribution in [1.29, 1.82) is 0 Å². The van der Waals surface area contributed by atoms with Crippen LogP contribution in [-0.2, 0) is 17.9 Å². The van der Waals surface area contributed by atoms with Crippen LogP contribution in [0.15, 0.2) is 30.7 Å². The van der Waals surface area contributed by atoms with Gasteiger partial charge >= 0.3 is 0 Å². The van der Waals surface area contributed by atoms with Gasteiger partial charge in [-0.2, -0.15) is 5.10 Å². The molecule has 0 aromatic carbocycles. The first-order valence-electron chi connectivity index (χ1n) is 10.6. The summed E-state index contributed by atoms with van der Waals surface area (Å²) >= 11 is 0. The van der Waals surface area contributed by atoms with Gasteiger partial charge in [-0.15, -0.1) is 0 Å². The minimum Gasteiger partial charge on any atom is -0.366 e. The van der Waals surface area contributed by atoms with Crippen LogP contribution < -0.4 is 15.5 Å². The van der Waals surface area contributed by atoms with Crippen LogP contribution in [0, 0.1) is 25.6 Å². The Morgan fingerprint density at radius 3 is 2.81 bits per heavy atom. The predicted octanol–water partition coefficient (Wildman–Crippen LogP) is 3.50. The number of fused-ring (bicyclic) bond motifs is 1. The molecule has 0 spiro atoms. The van der Waals surface area contributed by atoms with Crippen LogP contribution in [-0.4, -0.2) is 38.7 Å². The highest BCUT2D eigenvalue weighted by Gasteiger charge is 2.34. The Labute approximate surface area is 186 Å². The third-order valence-corrected chi connectivity index (χ3v) is 5.76. The van der Waals surface area contributed by atoms with Crippen molar-refractivity contribution >= 4 is 23.1 Å². The highest BCUT2D eigenvalue weighted by molar-refractivity contribution is 6.04. The minimum atomic E-state index is -0.299. The van der Waals surface area contributed by atoms with Crippen molar-refractivity contribution < 1.29 is 9.18 Å². The zero-order chi connectivity index (χ0) is 23.0. The van der Waals surface area contributed by atoms with Gasteiger partial charge in [0.15, 0.2) is 0 Å². The summed E-state index contributed by atoms with van der Waals surface area (Å²) in [5.74, 6) is 0.592. The molecule has 0 bridgehead atoms. The second-order valence-corrected chi connectivity index (χ2v) is 8.55. The van der Waals surface area contributed by atoms with E-state index in [1.165, 1.54) is 0 Å². The van der Waals surface area contributed by atoms with Crippen molar-refractivity contribution in [2.45, 2.75) is 46.8 Å². The first-order valence-corrected chi connectivity index (χ1v) is 10.6. The van der Waals surface area contributed by atoms with Crippen LogP contribution in [0.1, 0.15) is 36.4 Å². The molecule has 0 saturated carbocycles. The van der Waals surface area contributed by atoms with Crippen molar-refractivity contribution in [3.05, 3.63) is 59.1 Å². The van der Waals surface area contributed by atoms with Crippen LogP contribution in [0.3, 0.4) is 0 Å². The average Bonchev–Trinajstić information content (AvgIpc) is 3.18. The van der Waals surface area contributed by atoms with E-state index in [1.807, 2.05) is 45.0 Å². The molecule has 2 N–H and O–H groups in total. The maximum Gasteiger partial charge on any atom is 0.247 e. The molecule has 0 radical (unpaired) electrons. The van der Waals surface area contributed by atoms with E-state index in [0.29, 0.717) is 24.3 Å².